The molecule has 1 amide bonds. The molecule has 0 bridgehead atoms. The summed E-state index contributed by atoms with van der Waals surface area (Å²) in [5, 5.41) is 2.65. The van der Waals surface area contributed by atoms with E-state index in [4.69, 9.17) is 4.74 Å². The predicted octanol–water partition coefficient (Wildman–Crippen LogP) is -0.613. The molecule has 0 saturated heterocycles. The van der Waals surface area contributed by atoms with Crippen LogP contribution in [0.5, 0.6) is 0 Å². The van der Waals surface area contributed by atoms with E-state index in [-0.39, 0.29) is 29.1 Å². The molecule has 0 radical (unpaired) electrons. The van der Waals surface area contributed by atoms with Gasteiger partial charge in [-0.1, -0.05) is 0 Å². The lowest BCUT2D eigenvalue weighted by Gasteiger charge is -2.09. The molecule has 0 spiro atoms. The number of carbonyl (C=O) groups is 1. The second-order valence-corrected chi connectivity index (χ2v) is 8.83. The van der Waals surface area contributed by atoms with Gasteiger partial charge in [0.25, 0.3) is 5.56 Å². The van der Waals surface area contributed by atoms with Gasteiger partial charge in [0.1, 0.15) is 6.54 Å². The van der Waals surface area contributed by atoms with Crippen LogP contribution in [0, 0.1) is 0 Å². The van der Waals surface area contributed by atoms with E-state index in [2.05, 4.69) is 15.0 Å². The van der Waals surface area contributed by atoms with E-state index in [1.165, 1.54) is 53.8 Å². The molecule has 1 aromatic carbocycles. The van der Waals surface area contributed by atoms with E-state index in [9.17, 15) is 22.8 Å². The third-order valence-corrected chi connectivity index (χ3v) is 6.27. The molecule has 2 aromatic heterocycles. The van der Waals surface area contributed by atoms with Gasteiger partial charge in [0.2, 0.25) is 15.9 Å². The molecule has 0 saturated carbocycles. The van der Waals surface area contributed by atoms with Crippen LogP contribution >= 0.6 is 0 Å². The van der Waals surface area contributed by atoms with E-state index in [0.717, 1.165) is 4.57 Å². The number of methoxy groups -OCH3 is 1. The summed E-state index contributed by atoms with van der Waals surface area (Å²) in [6, 6.07) is 5.70. The van der Waals surface area contributed by atoms with Crippen LogP contribution < -0.4 is 21.3 Å². The third kappa shape index (κ3) is 4.79. The van der Waals surface area contributed by atoms with Crippen LogP contribution in [0.1, 0.15) is 6.42 Å². The zero-order valence-corrected chi connectivity index (χ0v) is 18.7. The average molecular weight is 465 g/mol. The fourth-order valence-electron chi connectivity index (χ4n) is 3.10. The van der Waals surface area contributed by atoms with E-state index < -0.39 is 27.2 Å². The van der Waals surface area contributed by atoms with Gasteiger partial charge < -0.3 is 14.6 Å². The maximum absolute atomic E-state index is 12.5. The number of aryl methyl sites for hydroxylation is 1. The van der Waals surface area contributed by atoms with E-state index in [0.29, 0.717) is 18.7 Å². The highest BCUT2D eigenvalue weighted by Crippen LogP contribution is 2.14. The van der Waals surface area contributed by atoms with Crippen LogP contribution in [-0.2, 0) is 40.2 Å². The van der Waals surface area contributed by atoms with Gasteiger partial charge >= 0.3 is 5.69 Å². The lowest BCUT2D eigenvalue weighted by atomic mass is 10.3. The minimum Gasteiger partial charge on any atom is -0.385 e. The summed E-state index contributed by atoms with van der Waals surface area (Å²) in [5.41, 5.74) is -0.372. The van der Waals surface area contributed by atoms with Crippen molar-refractivity contribution in [1.29, 1.82) is 0 Å². The van der Waals surface area contributed by atoms with Crippen molar-refractivity contribution < 1.29 is 17.9 Å². The number of carbonyl (C=O) groups excluding carboxylic acids is 1. The Morgan fingerprint density at radius 2 is 1.81 bits per heavy atom. The van der Waals surface area contributed by atoms with E-state index >= 15 is 0 Å². The summed E-state index contributed by atoms with van der Waals surface area (Å²) in [6.07, 6.45) is 1.86. The second-order valence-electron chi connectivity index (χ2n) is 7.07. The number of nitrogens with one attached hydrogen (secondary N) is 2. The summed E-state index contributed by atoms with van der Waals surface area (Å²) in [7, 11) is 0.718. The van der Waals surface area contributed by atoms with Gasteiger partial charge in [0, 0.05) is 40.0 Å². The Kier molecular flexibility index (Phi) is 6.91. The number of aromatic nitrogens is 4. The van der Waals surface area contributed by atoms with E-state index in [1.54, 1.807) is 7.11 Å². The van der Waals surface area contributed by atoms with Gasteiger partial charge in [-0.15, -0.1) is 0 Å². The van der Waals surface area contributed by atoms with Crippen LogP contribution in [0.25, 0.3) is 11.2 Å². The van der Waals surface area contributed by atoms with Gasteiger partial charge in [-0.3, -0.25) is 18.7 Å². The number of hydrogen-bond donors (Lipinski definition) is 2. The number of fused-ring (bicyclic) bond motifs is 1. The normalized spacial score (nSPS) is 11.7. The van der Waals surface area contributed by atoms with Crippen LogP contribution in [-0.4, -0.2) is 53.3 Å². The largest absolute Gasteiger partial charge is 0.385 e. The van der Waals surface area contributed by atoms with Crippen LogP contribution in [0.4, 0.5) is 5.69 Å². The highest BCUT2D eigenvalue weighted by Gasteiger charge is 2.17. The minimum absolute atomic E-state index is 0.0675. The number of nitrogens with zero attached hydrogens (tertiary/aromatic N) is 4. The topological polar surface area (TPSA) is 146 Å². The smallest absolute Gasteiger partial charge is 0.332 e. The van der Waals surface area contributed by atoms with Crippen molar-refractivity contribution >= 4 is 32.8 Å². The first kappa shape index (κ1) is 23.4. The van der Waals surface area contributed by atoms with Gasteiger partial charge in [-0.2, -0.15) is 0 Å². The molecule has 12 nitrogen and oxygen atoms in total. The van der Waals surface area contributed by atoms with Crippen LogP contribution in [0.15, 0.2) is 45.1 Å². The van der Waals surface area contributed by atoms with E-state index in [1.807, 2.05) is 0 Å². The molecule has 0 aliphatic heterocycles. The molecule has 0 atom stereocenters. The second kappa shape index (κ2) is 9.46. The average Bonchev–Trinajstić information content (AvgIpc) is 3.17. The maximum Gasteiger partial charge on any atom is 0.332 e. The first-order chi connectivity index (χ1) is 15.2. The van der Waals surface area contributed by atoms with Gasteiger partial charge in [-0.25, -0.2) is 22.9 Å². The summed E-state index contributed by atoms with van der Waals surface area (Å²) in [4.78, 5) is 41.1. The van der Waals surface area contributed by atoms with Crippen molar-refractivity contribution in [3.05, 3.63) is 51.4 Å². The van der Waals surface area contributed by atoms with Crippen LogP contribution in [0.2, 0.25) is 0 Å². The summed E-state index contributed by atoms with van der Waals surface area (Å²) in [5.74, 6) is -0.450. The first-order valence-corrected chi connectivity index (χ1v) is 11.1. The Bertz CT molecular complexity index is 1350. The summed E-state index contributed by atoms with van der Waals surface area (Å²) >= 11 is 0. The van der Waals surface area contributed by atoms with Crippen molar-refractivity contribution in [2.45, 2.75) is 17.9 Å². The lowest BCUT2D eigenvalue weighted by molar-refractivity contribution is -0.116. The molecule has 3 rings (SSSR count). The first-order valence-electron chi connectivity index (χ1n) is 9.65. The molecule has 32 heavy (non-hydrogen) atoms. The zero-order chi connectivity index (χ0) is 23.5. The molecule has 0 aliphatic carbocycles. The Morgan fingerprint density at radius 1 is 1.12 bits per heavy atom. The number of imidazole rings is 1. The standard InChI is InChI=1S/C19H24N6O6S/c1-23-17-16(18(27)24(2)19(23)28)25(12-20-17)11-15(26)22-13-5-7-14(8-6-13)32(29,30)21-9-4-10-31-3/h5-8,12,21H,4,9-11H2,1-3H3,(H,22,26). The van der Waals surface area contributed by atoms with Crippen molar-refractivity contribution in [2.24, 2.45) is 14.1 Å². The number of ether oxygens (including phenoxy) is 1. The molecule has 2 heterocycles. The number of amides is 1. The fraction of sp³-hybridized carbons (Fsp3) is 0.368. The van der Waals surface area contributed by atoms with Gasteiger partial charge in [0.15, 0.2) is 11.2 Å². The molecular weight excluding hydrogens is 440 g/mol. The molecule has 0 unspecified atom stereocenters. The maximum atomic E-state index is 12.5. The van der Waals surface area contributed by atoms with Gasteiger partial charge in [0.05, 0.1) is 11.2 Å². The summed E-state index contributed by atoms with van der Waals surface area (Å²) in [6.45, 7) is 0.478. The van der Waals surface area contributed by atoms with Crippen molar-refractivity contribution in [1.82, 2.24) is 23.4 Å². The van der Waals surface area contributed by atoms with Crippen molar-refractivity contribution in [2.75, 3.05) is 25.6 Å². The number of anilines is 1. The van der Waals surface area contributed by atoms with Crippen LogP contribution in [0.3, 0.4) is 0 Å². The molecule has 0 aliphatic rings. The zero-order valence-electron chi connectivity index (χ0n) is 17.9. The molecule has 172 valence electrons. The predicted molar refractivity (Wildman–Crippen MR) is 117 cm³/mol. The highest BCUT2D eigenvalue weighted by molar-refractivity contribution is 7.89. The molecule has 2 N–H and O–H groups in total. The quantitative estimate of drug-likeness (QED) is 0.402. The number of sulfonamides is 1. The molecular formula is C19H24N6O6S. The Balaban J connectivity index is 1.71. The molecule has 13 heteroatoms. The number of rotatable bonds is 9. The number of hydrogen-bond acceptors (Lipinski definition) is 7. The van der Waals surface area contributed by atoms with Crippen molar-refractivity contribution in [3.8, 4) is 0 Å². The number of benzene rings is 1. The Morgan fingerprint density at radius 3 is 2.47 bits per heavy atom. The SMILES string of the molecule is COCCCNS(=O)(=O)c1ccc(NC(=O)Cn2cnc3c2c(=O)n(C)c(=O)n3C)cc1. The Hall–Kier alpha value is -3.29. The molecule has 0 fully saturated rings. The summed E-state index contributed by atoms with van der Waals surface area (Å²) < 4.78 is 35.4. The van der Waals surface area contributed by atoms with Gasteiger partial charge in [-0.05, 0) is 30.7 Å². The minimum atomic E-state index is -3.66. The fourth-order valence-corrected chi connectivity index (χ4v) is 4.17. The Labute approximate surface area is 183 Å². The highest BCUT2D eigenvalue weighted by atomic mass is 32.2. The monoisotopic (exact) mass is 464 g/mol. The third-order valence-electron chi connectivity index (χ3n) is 4.80. The molecule has 3 aromatic rings. The van der Waals surface area contributed by atoms with Crippen molar-refractivity contribution in [3.63, 3.8) is 0 Å². The lowest BCUT2D eigenvalue weighted by Crippen LogP contribution is -2.37.